The van der Waals surface area contributed by atoms with Crippen molar-refractivity contribution in [3.63, 3.8) is 0 Å². The monoisotopic (exact) mass is 427 g/mol. The van der Waals surface area contributed by atoms with Crippen molar-refractivity contribution < 1.29 is 9.53 Å². The number of nitrogens with zero attached hydrogens (tertiary/aromatic N) is 2. The second-order valence-electron chi connectivity index (χ2n) is 8.03. The van der Waals surface area contributed by atoms with E-state index in [-0.39, 0.29) is 11.9 Å². The van der Waals surface area contributed by atoms with Gasteiger partial charge in [-0.3, -0.25) is 4.79 Å². The van der Waals surface area contributed by atoms with Gasteiger partial charge in [-0.2, -0.15) is 0 Å². The molecule has 1 amide bonds. The van der Waals surface area contributed by atoms with Crippen LogP contribution in [0.25, 0.3) is 28.0 Å². The van der Waals surface area contributed by atoms with Gasteiger partial charge in [0.15, 0.2) is 0 Å². The number of pyridine rings is 1. The predicted molar refractivity (Wildman–Crippen MR) is 129 cm³/mol. The highest BCUT2D eigenvalue weighted by atomic mass is 16.5. The first kappa shape index (κ1) is 21.6. The number of rotatable bonds is 8. The molecule has 0 fully saturated rings. The van der Waals surface area contributed by atoms with Crippen molar-refractivity contribution >= 4 is 11.6 Å². The van der Waals surface area contributed by atoms with E-state index in [9.17, 15) is 4.79 Å². The average Bonchev–Trinajstić information content (AvgIpc) is 3.21. The SMILES string of the molecule is CCC(C)NC(=O)CCc1c(-c2cccc(OC)c2)nc2ccc(-c3ccccc3)cn12. The van der Waals surface area contributed by atoms with Crippen molar-refractivity contribution in [2.45, 2.75) is 39.2 Å². The summed E-state index contributed by atoms with van der Waals surface area (Å²) in [4.78, 5) is 17.4. The number of aromatic nitrogens is 2. The molecule has 4 aromatic rings. The number of hydrogen-bond donors (Lipinski definition) is 1. The molecular formula is C27H29N3O2. The van der Waals surface area contributed by atoms with Crippen LogP contribution in [-0.2, 0) is 11.2 Å². The number of nitrogens with one attached hydrogen (secondary N) is 1. The maximum atomic E-state index is 12.5. The quantitative estimate of drug-likeness (QED) is 0.403. The summed E-state index contributed by atoms with van der Waals surface area (Å²) >= 11 is 0. The molecule has 2 heterocycles. The van der Waals surface area contributed by atoms with E-state index in [1.165, 1.54) is 0 Å². The van der Waals surface area contributed by atoms with Crippen molar-refractivity contribution in [1.29, 1.82) is 0 Å². The molecule has 0 saturated heterocycles. The number of hydrogen-bond acceptors (Lipinski definition) is 3. The van der Waals surface area contributed by atoms with Crippen LogP contribution in [0, 0.1) is 0 Å². The second-order valence-corrected chi connectivity index (χ2v) is 8.03. The highest BCUT2D eigenvalue weighted by Gasteiger charge is 2.17. The Labute approximate surface area is 189 Å². The van der Waals surface area contributed by atoms with E-state index in [4.69, 9.17) is 9.72 Å². The summed E-state index contributed by atoms with van der Waals surface area (Å²) in [5, 5.41) is 3.07. The Hall–Kier alpha value is -3.60. The van der Waals surface area contributed by atoms with E-state index in [0.717, 1.165) is 45.9 Å². The number of aryl methyl sites for hydroxylation is 1. The molecular weight excluding hydrogens is 398 g/mol. The molecule has 0 aliphatic rings. The van der Waals surface area contributed by atoms with Crippen molar-refractivity contribution in [3.8, 4) is 28.1 Å². The fraction of sp³-hybridized carbons (Fsp3) is 0.259. The Kier molecular flexibility index (Phi) is 6.55. The minimum atomic E-state index is 0.0603. The topological polar surface area (TPSA) is 55.6 Å². The predicted octanol–water partition coefficient (Wildman–Crippen LogP) is 5.52. The Morgan fingerprint density at radius 1 is 1.03 bits per heavy atom. The fourth-order valence-electron chi connectivity index (χ4n) is 3.82. The highest BCUT2D eigenvalue weighted by Crippen LogP contribution is 2.30. The standard InChI is InChI=1S/C27H29N3O2/c1-4-19(2)28-26(31)16-14-24-27(21-11-8-12-23(17-21)32-3)29-25-15-13-22(18-30(24)25)20-9-6-5-7-10-20/h5-13,15,17-19H,4,14,16H2,1-3H3,(H,28,31). The molecule has 0 aliphatic heterocycles. The minimum Gasteiger partial charge on any atom is -0.497 e. The third kappa shape index (κ3) is 4.67. The maximum Gasteiger partial charge on any atom is 0.220 e. The molecule has 0 radical (unpaired) electrons. The molecule has 5 nitrogen and oxygen atoms in total. The summed E-state index contributed by atoms with van der Waals surface area (Å²) in [5.41, 5.74) is 5.99. The highest BCUT2D eigenvalue weighted by molar-refractivity contribution is 5.77. The third-order valence-corrected chi connectivity index (χ3v) is 5.78. The number of imidazole rings is 1. The van der Waals surface area contributed by atoms with Gasteiger partial charge < -0.3 is 14.5 Å². The van der Waals surface area contributed by atoms with E-state index in [2.05, 4.69) is 41.0 Å². The molecule has 164 valence electrons. The zero-order valence-electron chi connectivity index (χ0n) is 18.8. The minimum absolute atomic E-state index is 0.0603. The van der Waals surface area contributed by atoms with Crippen LogP contribution < -0.4 is 10.1 Å². The number of ether oxygens (including phenoxy) is 1. The van der Waals surface area contributed by atoms with Crippen LogP contribution in [0.4, 0.5) is 0 Å². The zero-order chi connectivity index (χ0) is 22.5. The van der Waals surface area contributed by atoms with Crippen LogP contribution in [0.5, 0.6) is 5.75 Å². The van der Waals surface area contributed by atoms with E-state index in [1.54, 1.807) is 7.11 Å². The number of carbonyl (C=O) groups is 1. The van der Waals surface area contributed by atoms with E-state index in [1.807, 2.05) is 55.5 Å². The van der Waals surface area contributed by atoms with Gasteiger partial charge in [-0.05, 0) is 55.2 Å². The fourth-order valence-corrected chi connectivity index (χ4v) is 3.82. The molecule has 4 rings (SSSR count). The maximum absolute atomic E-state index is 12.5. The summed E-state index contributed by atoms with van der Waals surface area (Å²) < 4.78 is 7.54. The molecule has 0 aliphatic carbocycles. The van der Waals surface area contributed by atoms with Crippen molar-refractivity contribution in [2.24, 2.45) is 0 Å². The van der Waals surface area contributed by atoms with Crippen LogP contribution in [0.3, 0.4) is 0 Å². The van der Waals surface area contributed by atoms with Crippen LogP contribution in [0.15, 0.2) is 72.9 Å². The molecule has 1 atom stereocenters. The van der Waals surface area contributed by atoms with Gasteiger partial charge in [0.1, 0.15) is 11.4 Å². The van der Waals surface area contributed by atoms with Crippen LogP contribution in [0.1, 0.15) is 32.4 Å². The van der Waals surface area contributed by atoms with Crippen molar-refractivity contribution in [2.75, 3.05) is 7.11 Å². The Balaban J connectivity index is 1.77. The summed E-state index contributed by atoms with van der Waals surface area (Å²) in [6.45, 7) is 4.10. The number of fused-ring (bicyclic) bond motifs is 1. The summed E-state index contributed by atoms with van der Waals surface area (Å²) in [6, 6.07) is 22.5. The Morgan fingerprint density at radius 2 is 1.81 bits per heavy atom. The molecule has 2 aromatic heterocycles. The van der Waals surface area contributed by atoms with E-state index in [0.29, 0.717) is 12.8 Å². The van der Waals surface area contributed by atoms with Crippen molar-refractivity contribution in [1.82, 2.24) is 14.7 Å². The van der Waals surface area contributed by atoms with Gasteiger partial charge in [0.2, 0.25) is 5.91 Å². The molecule has 0 bridgehead atoms. The molecule has 0 saturated carbocycles. The van der Waals surface area contributed by atoms with Crippen LogP contribution >= 0.6 is 0 Å². The van der Waals surface area contributed by atoms with Gasteiger partial charge in [0.05, 0.1) is 18.5 Å². The largest absolute Gasteiger partial charge is 0.497 e. The lowest BCUT2D eigenvalue weighted by Gasteiger charge is -2.12. The lowest BCUT2D eigenvalue weighted by molar-refractivity contribution is -0.121. The van der Waals surface area contributed by atoms with Gasteiger partial charge in [0, 0.05) is 24.2 Å². The lowest BCUT2D eigenvalue weighted by Crippen LogP contribution is -2.32. The summed E-state index contributed by atoms with van der Waals surface area (Å²) in [7, 11) is 1.66. The van der Waals surface area contributed by atoms with Gasteiger partial charge in [0.25, 0.3) is 0 Å². The van der Waals surface area contributed by atoms with E-state index >= 15 is 0 Å². The molecule has 5 heteroatoms. The first-order valence-corrected chi connectivity index (χ1v) is 11.1. The molecule has 2 aromatic carbocycles. The molecule has 0 spiro atoms. The van der Waals surface area contributed by atoms with Gasteiger partial charge >= 0.3 is 0 Å². The summed E-state index contributed by atoms with van der Waals surface area (Å²) in [6.07, 6.45) is 4.03. The molecule has 1 unspecified atom stereocenters. The van der Waals surface area contributed by atoms with Gasteiger partial charge in [-0.1, -0.05) is 49.4 Å². The van der Waals surface area contributed by atoms with Crippen LogP contribution in [0.2, 0.25) is 0 Å². The summed E-state index contributed by atoms with van der Waals surface area (Å²) in [5.74, 6) is 0.843. The average molecular weight is 428 g/mol. The van der Waals surface area contributed by atoms with Gasteiger partial charge in [-0.15, -0.1) is 0 Å². The number of amides is 1. The normalized spacial score (nSPS) is 12.0. The second kappa shape index (κ2) is 9.69. The van der Waals surface area contributed by atoms with E-state index < -0.39 is 0 Å². The first-order chi connectivity index (χ1) is 15.6. The number of carbonyl (C=O) groups excluding carboxylic acids is 1. The number of methoxy groups -OCH3 is 1. The van der Waals surface area contributed by atoms with Crippen LogP contribution in [-0.4, -0.2) is 28.4 Å². The third-order valence-electron chi connectivity index (χ3n) is 5.78. The first-order valence-electron chi connectivity index (χ1n) is 11.1. The van der Waals surface area contributed by atoms with Gasteiger partial charge in [-0.25, -0.2) is 4.98 Å². The molecule has 1 N–H and O–H groups in total. The molecule has 32 heavy (non-hydrogen) atoms. The lowest BCUT2D eigenvalue weighted by atomic mass is 10.1. The Morgan fingerprint density at radius 3 is 2.56 bits per heavy atom. The van der Waals surface area contributed by atoms with Crippen molar-refractivity contribution in [3.05, 3.63) is 78.6 Å². The zero-order valence-corrected chi connectivity index (χ0v) is 18.8. The smallest absolute Gasteiger partial charge is 0.220 e. The Bertz CT molecular complexity index is 1210. The number of benzene rings is 2.